The van der Waals surface area contributed by atoms with Gasteiger partial charge in [0.15, 0.2) is 34.9 Å². The van der Waals surface area contributed by atoms with Gasteiger partial charge in [-0.05, 0) is 91.7 Å². The number of ether oxygens (including phenoxy) is 4. The van der Waals surface area contributed by atoms with Gasteiger partial charge < -0.3 is 93.0 Å². The van der Waals surface area contributed by atoms with E-state index in [4.69, 9.17) is 30.4 Å². The van der Waals surface area contributed by atoms with E-state index in [2.05, 4.69) is 47.2 Å². The van der Waals surface area contributed by atoms with Gasteiger partial charge in [0.05, 0.1) is 89.4 Å². The molecule has 4 aromatic rings. The number of carbonyl (C=O) groups excluding carboxylic acids is 12. The third-order valence-electron chi connectivity index (χ3n) is 19.2. The number of hydrogen-bond acceptors (Lipinski definition) is 21. The Kier molecular flexibility index (Phi) is 42.2. The van der Waals surface area contributed by atoms with Crippen molar-refractivity contribution in [2.75, 3.05) is 85.7 Å². The number of aromatic hydroxyl groups is 1. The molecule has 16 N–H and O–H groups in total. The van der Waals surface area contributed by atoms with Gasteiger partial charge in [0.1, 0.15) is 25.0 Å². The van der Waals surface area contributed by atoms with E-state index in [-0.39, 0.29) is 114 Å². The highest BCUT2D eigenvalue weighted by molar-refractivity contribution is 5.99. The number of guanidine groups is 1. The van der Waals surface area contributed by atoms with Crippen molar-refractivity contribution in [2.45, 2.75) is 173 Å². The van der Waals surface area contributed by atoms with Gasteiger partial charge in [0.2, 0.25) is 41.4 Å². The van der Waals surface area contributed by atoms with Gasteiger partial charge in [-0.15, -0.1) is 0 Å². The molecule has 0 spiro atoms. The molecule has 0 bridgehead atoms. The first kappa shape index (κ1) is 92.7. The number of aliphatic hydroxyl groups excluding tert-OH is 2. The number of phenolic OH excluding ortho intramolecular Hbond substituents is 1. The molecule has 1 aromatic heterocycles. The molecular weight excluding hydrogens is 1450 g/mol. The van der Waals surface area contributed by atoms with E-state index in [1.807, 2.05) is 38.1 Å². The largest absolute Gasteiger partial charge is 0.508 e. The number of carboxylic acid groups (broad SMARTS) is 1. The molecule has 0 saturated heterocycles. The molecule has 0 aliphatic heterocycles. The Morgan fingerprint density at radius 1 is 0.536 bits per heavy atom. The van der Waals surface area contributed by atoms with Crippen molar-refractivity contribution in [1.29, 1.82) is 0 Å². The SMILES string of the molecule is CCC(=O)[C@H](CO)NC(=O)[C@@H](CC(=O)[C@H](CC(C)C)NC(=O)[C@@H](CC(=O)[C@@H](CCCN=C(N)N)NC(=O)[C@@H](CO)CC(=O)[C@H](Cc1ccccc1)NC(=O)[C@@H](CC(=O)[C@H](CC(=O)O)NC(=O)COCC(=O)NCCOCCOCCOCCNC(C)=O)CC1CCCCC1)Cc1ccc(O)cc1)Cc1c[nH]c2ccccc12. The number of hydrogen-bond donors (Lipinski definition) is 14. The number of amides is 7. The summed E-state index contributed by atoms with van der Waals surface area (Å²) in [4.78, 5) is 187. The van der Waals surface area contributed by atoms with Crippen LogP contribution in [0.5, 0.6) is 5.75 Å². The molecule has 1 fully saturated rings. The van der Waals surface area contributed by atoms with Crippen LogP contribution in [0.2, 0.25) is 0 Å². The number of para-hydroxylation sites is 1. The van der Waals surface area contributed by atoms with Gasteiger partial charge in [-0.3, -0.25) is 67.3 Å². The molecule has 32 nitrogen and oxygen atoms in total. The number of benzene rings is 3. The zero-order valence-electron chi connectivity index (χ0n) is 64.7. The van der Waals surface area contributed by atoms with Crippen LogP contribution in [0.1, 0.15) is 141 Å². The summed E-state index contributed by atoms with van der Waals surface area (Å²) in [6, 6.07) is 14.8. The summed E-state index contributed by atoms with van der Waals surface area (Å²) in [6.07, 6.45) is 2.57. The van der Waals surface area contributed by atoms with Crippen molar-refractivity contribution in [2.24, 2.45) is 52.0 Å². The van der Waals surface area contributed by atoms with Gasteiger partial charge in [-0.25, -0.2) is 0 Å². The van der Waals surface area contributed by atoms with Crippen LogP contribution < -0.4 is 48.7 Å². The Bertz CT molecular complexity index is 3710. The molecule has 616 valence electrons. The van der Waals surface area contributed by atoms with Gasteiger partial charge >= 0.3 is 5.97 Å². The van der Waals surface area contributed by atoms with Crippen LogP contribution >= 0.6 is 0 Å². The fourth-order valence-electron chi connectivity index (χ4n) is 13.2. The lowest BCUT2D eigenvalue weighted by Gasteiger charge is -2.29. The van der Waals surface area contributed by atoms with E-state index in [1.165, 1.54) is 19.1 Å². The molecule has 112 heavy (non-hydrogen) atoms. The minimum Gasteiger partial charge on any atom is -0.508 e. The highest BCUT2D eigenvalue weighted by Crippen LogP contribution is 2.32. The maximum Gasteiger partial charge on any atom is 0.305 e. The molecule has 3 aromatic carbocycles. The van der Waals surface area contributed by atoms with Crippen molar-refractivity contribution in [3.63, 3.8) is 0 Å². The molecule has 1 aliphatic carbocycles. The van der Waals surface area contributed by atoms with Crippen LogP contribution in [0.15, 0.2) is 90.1 Å². The van der Waals surface area contributed by atoms with Gasteiger partial charge in [0, 0.05) is 93.5 Å². The molecule has 5 rings (SSSR count). The summed E-state index contributed by atoms with van der Waals surface area (Å²) in [5.41, 5.74) is 13.8. The number of nitrogens with zero attached hydrogens (tertiary/aromatic N) is 1. The van der Waals surface area contributed by atoms with Crippen molar-refractivity contribution in [3.8, 4) is 5.75 Å². The van der Waals surface area contributed by atoms with Crippen LogP contribution in [0, 0.1) is 35.5 Å². The topological polar surface area (TPSA) is 504 Å². The number of nitrogens with two attached hydrogens (primary N) is 2. The summed E-state index contributed by atoms with van der Waals surface area (Å²) < 4.78 is 21.5. The smallest absolute Gasteiger partial charge is 0.305 e. The average molecular weight is 1570 g/mol. The first-order valence-electron chi connectivity index (χ1n) is 38.5. The van der Waals surface area contributed by atoms with Crippen LogP contribution in [-0.2, 0) is 101 Å². The lowest BCUT2D eigenvalue weighted by molar-refractivity contribution is -0.141. The standard InChI is InChI=1S/C80H115N11O21/c1-5-68(96)67(47-93)91-78(107)57(39-58-45-86-62-20-13-12-19-61(58)62)42-70(98)64(35-50(2)3)89-76(105)56(37-54-22-24-60(95)25-23-54)40-69(97)63(21-14-26-85-80(81)82)88-79(108)59(46-92)43-72(100)65(38-53-17-10-7-11-18-53)90-77(106)55(36-52-15-8-6-9-16-52)41-71(99)66(44-75(103)104)87-74(102)49-112-48-73(101)84-28-30-110-32-34-111-33-31-109-29-27-83-51(4)94/h7,10-13,17-20,22-25,45,50,52,55-57,59,63-67,86,92-93,95H,5-6,8-9,14-16,21,26-44,46-49H2,1-4H3,(H,83,94)(H,84,101)(H,87,102)(H,88,108)(H,89,105)(H,90,106)(H,91,107)(H,103,104)(H4,81,82,85)/t55-,56-,57-,59-,63-,64+,65+,66+,67+/m1/s1. The molecule has 7 amide bonds. The number of carboxylic acids is 1. The molecule has 0 unspecified atom stereocenters. The van der Waals surface area contributed by atoms with Crippen LogP contribution in [0.3, 0.4) is 0 Å². The molecule has 9 atom stereocenters. The lowest BCUT2D eigenvalue weighted by atomic mass is 9.80. The van der Waals surface area contributed by atoms with E-state index in [1.54, 1.807) is 55.6 Å². The Labute approximate surface area is 652 Å². The second kappa shape index (κ2) is 50.9. The monoisotopic (exact) mass is 1570 g/mol. The molecule has 1 heterocycles. The Balaban J connectivity index is 1.32. The number of aliphatic carboxylic acids is 1. The molecule has 32 heteroatoms. The van der Waals surface area contributed by atoms with E-state index in [0.717, 1.165) is 30.2 Å². The fraction of sp³-hybridized carbons (Fsp3) is 0.575. The number of aliphatic hydroxyl groups is 2. The Hall–Kier alpha value is -9.86. The van der Waals surface area contributed by atoms with E-state index in [9.17, 15) is 78.0 Å². The number of carbonyl (C=O) groups is 13. The van der Waals surface area contributed by atoms with Crippen molar-refractivity contribution < 1.29 is 102 Å². The predicted molar refractivity (Wildman–Crippen MR) is 413 cm³/mol. The number of rotatable bonds is 57. The third-order valence-corrected chi connectivity index (χ3v) is 19.2. The lowest BCUT2D eigenvalue weighted by Crippen LogP contribution is -2.50. The number of aromatic nitrogens is 1. The van der Waals surface area contributed by atoms with Gasteiger partial charge in [-0.2, -0.15) is 0 Å². The maximum atomic E-state index is 15.0. The van der Waals surface area contributed by atoms with Crippen LogP contribution in [-0.4, -0.2) is 224 Å². The fourth-order valence-corrected chi connectivity index (χ4v) is 13.2. The number of aliphatic imine (C=N–C) groups is 1. The van der Waals surface area contributed by atoms with Gasteiger partial charge in [0.25, 0.3) is 0 Å². The summed E-state index contributed by atoms with van der Waals surface area (Å²) in [5, 5.41) is 60.7. The summed E-state index contributed by atoms with van der Waals surface area (Å²) in [5.74, 6) is -15.2. The maximum absolute atomic E-state index is 15.0. The minimum absolute atomic E-state index is 0.0159. The van der Waals surface area contributed by atoms with Crippen LogP contribution in [0.25, 0.3) is 10.9 Å². The van der Waals surface area contributed by atoms with Crippen molar-refractivity contribution in [1.82, 2.24) is 42.2 Å². The highest BCUT2D eigenvalue weighted by Gasteiger charge is 2.38. The number of H-pyrrole nitrogens is 1. The number of Topliss-reactive ketones (excluding diaryl/α,β-unsaturated/α-hetero) is 5. The normalized spacial score (nSPS) is 14.7. The highest BCUT2D eigenvalue weighted by atomic mass is 16.5. The molecule has 0 radical (unpaired) electrons. The summed E-state index contributed by atoms with van der Waals surface area (Å²) in [6.45, 7) is 5.77. The number of ketones is 5. The molecular formula is C80H115N11O21. The van der Waals surface area contributed by atoms with Crippen molar-refractivity contribution >= 4 is 93.1 Å². The first-order chi connectivity index (χ1) is 53.7. The summed E-state index contributed by atoms with van der Waals surface area (Å²) >= 11 is 0. The van der Waals surface area contributed by atoms with Crippen molar-refractivity contribution in [3.05, 3.63) is 102 Å². The van der Waals surface area contributed by atoms with E-state index in [0.29, 0.717) is 55.9 Å². The second-order valence-corrected chi connectivity index (χ2v) is 28.7. The summed E-state index contributed by atoms with van der Waals surface area (Å²) in [7, 11) is 0. The number of nitrogens with one attached hydrogen (secondary N) is 8. The number of aromatic amines is 1. The number of fused-ring (bicyclic) bond motifs is 1. The zero-order chi connectivity index (χ0) is 81.9. The molecule has 1 aliphatic rings. The minimum atomic E-state index is -1.65. The quantitative estimate of drug-likeness (QED) is 0.0171. The van der Waals surface area contributed by atoms with E-state index >= 15 is 4.79 Å². The van der Waals surface area contributed by atoms with Gasteiger partial charge in [-0.1, -0.05) is 114 Å². The Morgan fingerprint density at radius 2 is 1.06 bits per heavy atom. The second-order valence-electron chi connectivity index (χ2n) is 28.7. The Morgan fingerprint density at radius 3 is 1.68 bits per heavy atom. The van der Waals surface area contributed by atoms with E-state index < -0.39 is 183 Å². The zero-order valence-corrected chi connectivity index (χ0v) is 64.7. The average Bonchev–Trinajstić information content (AvgIpc) is 1.69. The van der Waals surface area contributed by atoms with Crippen LogP contribution in [0.4, 0.5) is 0 Å². The molecule has 1 saturated carbocycles. The number of phenols is 1. The third kappa shape index (κ3) is 35.2. The first-order valence-corrected chi connectivity index (χ1v) is 38.5. The predicted octanol–water partition coefficient (Wildman–Crippen LogP) is 2.45.